The van der Waals surface area contributed by atoms with Crippen LogP contribution < -0.4 is 15.0 Å². The van der Waals surface area contributed by atoms with Crippen molar-refractivity contribution in [2.24, 2.45) is 0 Å². The molecule has 0 saturated carbocycles. The Morgan fingerprint density at radius 2 is 1.86 bits per heavy atom. The lowest BCUT2D eigenvalue weighted by Gasteiger charge is -2.35. The summed E-state index contributed by atoms with van der Waals surface area (Å²) >= 11 is 5.96. The molecular formula is C20H23ClN4O4. The van der Waals surface area contributed by atoms with E-state index in [1.165, 1.54) is 18.2 Å². The molecule has 1 heterocycles. The van der Waals surface area contributed by atoms with E-state index in [1.807, 2.05) is 24.3 Å². The molecule has 3 rings (SSSR count). The molecule has 0 unspecified atom stereocenters. The zero-order valence-corrected chi connectivity index (χ0v) is 16.9. The molecule has 0 aliphatic carbocycles. The van der Waals surface area contributed by atoms with E-state index in [1.54, 1.807) is 0 Å². The smallest absolute Gasteiger partial charge is 0.271 e. The normalized spacial score (nSPS) is 14.5. The Balaban J connectivity index is 1.50. The molecular weight excluding hydrogens is 396 g/mol. The van der Waals surface area contributed by atoms with E-state index >= 15 is 0 Å². The summed E-state index contributed by atoms with van der Waals surface area (Å²) in [6, 6.07) is 11.5. The van der Waals surface area contributed by atoms with E-state index in [2.05, 4.69) is 22.0 Å². The van der Waals surface area contributed by atoms with Gasteiger partial charge in [0.15, 0.2) is 6.61 Å². The van der Waals surface area contributed by atoms with Gasteiger partial charge in [-0.3, -0.25) is 14.9 Å². The van der Waals surface area contributed by atoms with Crippen LogP contribution in [0.15, 0.2) is 42.5 Å². The Kier molecular flexibility index (Phi) is 6.90. The summed E-state index contributed by atoms with van der Waals surface area (Å²) < 4.78 is 5.37. The average molecular weight is 419 g/mol. The third-order valence-electron chi connectivity index (χ3n) is 4.82. The molecule has 154 valence electrons. The van der Waals surface area contributed by atoms with E-state index in [4.69, 9.17) is 16.3 Å². The number of nitro groups is 1. The number of nitrogens with one attached hydrogen (secondary N) is 1. The molecule has 0 aromatic heterocycles. The zero-order valence-electron chi connectivity index (χ0n) is 16.1. The Morgan fingerprint density at radius 1 is 1.17 bits per heavy atom. The minimum atomic E-state index is -0.546. The Hall–Kier alpha value is -2.84. The molecule has 1 aliphatic heterocycles. The number of likely N-dealkylation sites (N-methyl/N-ethyl adjacent to an activating group) is 1. The number of amides is 1. The second-order valence-corrected chi connectivity index (χ2v) is 7.08. The topological polar surface area (TPSA) is 88.0 Å². The monoisotopic (exact) mass is 418 g/mol. The molecule has 1 amide bonds. The molecule has 1 N–H and O–H groups in total. The number of anilines is 2. The van der Waals surface area contributed by atoms with E-state index < -0.39 is 4.92 Å². The van der Waals surface area contributed by atoms with Gasteiger partial charge in [0.05, 0.1) is 9.95 Å². The van der Waals surface area contributed by atoms with E-state index in [-0.39, 0.29) is 29.0 Å². The molecule has 0 spiro atoms. The molecule has 1 aliphatic rings. The van der Waals surface area contributed by atoms with Crippen LogP contribution in [0.25, 0.3) is 0 Å². The van der Waals surface area contributed by atoms with Crippen molar-refractivity contribution < 1.29 is 14.5 Å². The number of nitrogens with zero attached hydrogens (tertiary/aromatic N) is 3. The number of ether oxygens (including phenoxy) is 1. The van der Waals surface area contributed by atoms with Crippen LogP contribution in [0.5, 0.6) is 5.75 Å². The maximum Gasteiger partial charge on any atom is 0.271 e. The van der Waals surface area contributed by atoms with Crippen molar-refractivity contribution in [1.82, 2.24) is 4.90 Å². The second-order valence-electron chi connectivity index (χ2n) is 6.68. The van der Waals surface area contributed by atoms with Gasteiger partial charge in [-0.05, 0) is 36.9 Å². The minimum absolute atomic E-state index is 0.0829. The zero-order chi connectivity index (χ0) is 20.8. The highest BCUT2D eigenvalue weighted by Gasteiger charge is 2.16. The average Bonchev–Trinajstić information content (AvgIpc) is 2.73. The molecule has 0 bridgehead atoms. The summed E-state index contributed by atoms with van der Waals surface area (Å²) in [6.45, 7) is 7.08. The first-order valence-corrected chi connectivity index (χ1v) is 9.78. The molecule has 1 saturated heterocycles. The molecule has 2 aromatic carbocycles. The summed E-state index contributed by atoms with van der Waals surface area (Å²) in [6.07, 6.45) is 0. The first-order valence-electron chi connectivity index (χ1n) is 9.40. The summed E-state index contributed by atoms with van der Waals surface area (Å²) in [5.74, 6) is -0.127. The summed E-state index contributed by atoms with van der Waals surface area (Å²) in [5.41, 5.74) is 1.67. The van der Waals surface area contributed by atoms with Crippen molar-refractivity contribution in [3.63, 3.8) is 0 Å². The van der Waals surface area contributed by atoms with Crippen molar-refractivity contribution >= 4 is 34.6 Å². The van der Waals surface area contributed by atoms with Crippen molar-refractivity contribution in [2.45, 2.75) is 6.92 Å². The van der Waals surface area contributed by atoms with Gasteiger partial charge in [0.25, 0.3) is 11.6 Å². The Bertz CT molecular complexity index is 867. The number of nitro benzene ring substituents is 1. The van der Waals surface area contributed by atoms with Gasteiger partial charge >= 0.3 is 0 Å². The fourth-order valence-electron chi connectivity index (χ4n) is 3.14. The number of carbonyl (C=O) groups excluding carboxylic acids is 1. The van der Waals surface area contributed by atoms with Crippen molar-refractivity contribution in [2.75, 3.05) is 49.5 Å². The predicted molar refractivity (Wildman–Crippen MR) is 113 cm³/mol. The third-order valence-corrected chi connectivity index (χ3v) is 5.12. The second kappa shape index (κ2) is 9.58. The summed E-state index contributed by atoms with van der Waals surface area (Å²) in [7, 11) is 0. The van der Waals surface area contributed by atoms with Crippen LogP contribution in [-0.4, -0.2) is 55.1 Å². The fourth-order valence-corrected chi connectivity index (χ4v) is 3.37. The van der Waals surface area contributed by atoms with Crippen LogP contribution in [0.3, 0.4) is 0 Å². The van der Waals surface area contributed by atoms with Crippen LogP contribution >= 0.6 is 11.6 Å². The van der Waals surface area contributed by atoms with E-state index in [0.29, 0.717) is 5.69 Å². The highest BCUT2D eigenvalue weighted by molar-refractivity contribution is 6.32. The molecule has 1 fully saturated rings. The molecule has 29 heavy (non-hydrogen) atoms. The Labute approximate surface area is 174 Å². The number of halogens is 1. The Morgan fingerprint density at radius 3 is 2.45 bits per heavy atom. The molecule has 0 atom stereocenters. The minimum Gasteiger partial charge on any atom is -0.482 e. The first-order chi connectivity index (χ1) is 14.0. The number of hydrogen-bond donors (Lipinski definition) is 1. The first kappa shape index (κ1) is 20.9. The van der Waals surface area contributed by atoms with Crippen LogP contribution in [0.4, 0.5) is 17.1 Å². The van der Waals surface area contributed by atoms with Crippen LogP contribution in [0.2, 0.25) is 5.02 Å². The number of piperazine rings is 1. The van der Waals surface area contributed by atoms with Gasteiger partial charge in [0.2, 0.25) is 0 Å². The molecule has 0 radical (unpaired) electrons. The fraction of sp³-hybridized carbons (Fsp3) is 0.350. The number of hydrogen-bond acceptors (Lipinski definition) is 6. The van der Waals surface area contributed by atoms with E-state index in [0.717, 1.165) is 38.4 Å². The largest absolute Gasteiger partial charge is 0.482 e. The lowest BCUT2D eigenvalue weighted by atomic mass is 10.2. The van der Waals surface area contributed by atoms with Gasteiger partial charge in [0, 0.05) is 49.7 Å². The summed E-state index contributed by atoms with van der Waals surface area (Å²) in [4.78, 5) is 27.1. The summed E-state index contributed by atoms with van der Waals surface area (Å²) in [5, 5.41) is 13.6. The van der Waals surface area contributed by atoms with Gasteiger partial charge in [0.1, 0.15) is 5.75 Å². The molecule has 8 nitrogen and oxygen atoms in total. The molecule has 9 heteroatoms. The number of carbonyl (C=O) groups is 1. The van der Waals surface area contributed by atoms with Gasteiger partial charge in [-0.1, -0.05) is 18.5 Å². The lowest BCUT2D eigenvalue weighted by molar-refractivity contribution is -0.384. The quantitative estimate of drug-likeness (QED) is 0.547. The highest BCUT2D eigenvalue weighted by Crippen LogP contribution is 2.28. The maximum atomic E-state index is 12.1. The number of non-ortho nitro benzene ring substituents is 1. The lowest BCUT2D eigenvalue weighted by Crippen LogP contribution is -2.46. The number of benzene rings is 2. The van der Waals surface area contributed by atoms with Crippen LogP contribution in [0, 0.1) is 10.1 Å². The van der Waals surface area contributed by atoms with Crippen molar-refractivity contribution in [1.29, 1.82) is 0 Å². The van der Waals surface area contributed by atoms with Gasteiger partial charge in [-0.15, -0.1) is 0 Å². The standard InChI is InChI=1S/C20H23ClN4O4/c1-2-23-9-11-24(12-10-23)16-5-3-15(4-6-16)22-20(26)14-29-19-8-7-17(25(27)28)13-18(19)21/h3-8,13H,2,9-12,14H2,1H3,(H,22,26). The van der Waals surface area contributed by atoms with Crippen molar-refractivity contribution in [3.05, 3.63) is 57.6 Å². The molecule has 2 aromatic rings. The van der Waals surface area contributed by atoms with Crippen LogP contribution in [-0.2, 0) is 4.79 Å². The third kappa shape index (κ3) is 5.58. The van der Waals surface area contributed by atoms with Crippen molar-refractivity contribution in [3.8, 4) is 5.75 Å². The maximum absolute atomic E-state index is 12.1. The van der Waals surface area contributed by atoms with Gasteiger partial charge < -0.3 is 19.9 Å². The van der Waals surface area contributed by atoms with Crippen LogP contribution in [0.1, 0.15) is 6.92 Å². The van der Waals surface area contributed by atoms with E-state index in [9.17, 15) is 14.9 Å². The predicted octanol–water partition coefficient (Wildman–Crippen LogP) is 3.41. The van der Waals surface area contributed by atoms with Gasteiger partial charge in [-0.25, -0.2) is 0 Å². The van der Waals surface area contributed by atoms with Gasteiger partial charge in [-0.2, -0.15) is 0 Å². The highest BCUT2D eigenvalue weighted by atomic mass is 35.5. The number of rotatable bonds is 7. The SMILES string of the molecule is CCN1CCN(c2ccc(NC(=O)COc3ccc([N+](=O)[O-])cc3Cl)cc2)CC1.